The Morgan fingerprint density at radius 2 is 2.04 bits per heavy atom. The van der Waals surface area contributed by atoms with Crippen LogP contribution in [0.5, 0.6) is 11.5 Å². The van der Waals surface area contributed by atoms with Gasteiger partial charge < -0.3 is 30.2 Å². The van der Waals surface area contributed by atoms with E-state index in [1.54, 1.807) is 0 Å². The number of thioether (sulfide) groups is 1. The average Bonchev–Trinajstić information content (AvgIpc) is 3.09. The van der Waals surface area contributed by atoms with Crippen molar-refractivity contribution in [2.45, 2.75) is 0 Å². The Morgan fingerprint density at radius 1 is 1.21 bits per heavy atom. The maximum Gasteiger partial charge on any atom is 0.231 e. The number of benzene rings is 1. The normalized spacial score (nSPS) is 17.2. The summed E-state index contributed by atoms with van der Waals surface area (Å²) in [6, 6.07) is 5.84. The lowest BCUT2D eigenvalue weighted by Gasteiger charge is -2.30. The third-order valence-electron chi connectivity index (χ3n) is 3.70. The fraction of sp³-hybridized carbons (Fsp3) is 0.562. The van der Waals surface area contributed by atoms with Crippen molar-refractivity contribution in [2.75, 3.05) is 63.0 Å². The summed E-state index contributed by atoms with van der Waals surface area (Å²) < 4.78 is 16.2. The van der Waals surface area contributed by atoms with Crippen molar-refractivity contribution >= 4 is 23.4 Å². The van der Waals surface area contributed by atoms with E-state index in [1.165, 1.54) is 0 Å². The number of fused-ring (bicyclic) bond motifs is 1. The molecule has 0 unspecified atom stereocenters. The molecule has 0 bridgehead atoms. The predicted octanol–water partition coefficient (Wildman–Crippen LogP) is 1.21. The molecule has 0 atom stereocenters. The second kappa shape index (κ2) is 9.00. The summed E-state index contributed by atoms with van der Waals surface area (Å²) in [6.45, 7) is 4.88. The summed E-state index contributed by atoms with van der Waals surface area (Å²) >= 11 is 1.82. The van der Waals surface area contributed by atoms with Crippen LogP contribution in [0.1, 0.15) is 0 Å². The Hall–Kier alpha value is -1.64. The van der Waals surface area contributed by atoms with Gasteiger partial charge in [-0.1, -0.05) is 0 Å². The molecule has 8 heteroatoms. The van der Waals surface area contributed by atoms with Gasteiger partial charge in [-0.2, -0.15) is 11.8 Å². The second-order valence-electron chi connectivity index (χ2n) is 5.40. The van der Waals surface area contributed by atoms with E-state index < -0.39 is 0 Å². The summed E-state index contributed by atoms with van der Waals surface area (Å²) in [7, 11) is 0. The molecular formula is C16H24N4O3S. The van der Waals surface area contributed by atoms with Crippen LogP contribution in [-0.4, -0.2) is 68.6 Å². The van der Waals surface area contributed by atoms with Crippen LogP contribution in [0.2, 0.25) is 0 Å². The average molecular weight is 352 g/mol. The van der Waals surface area contributed by atoms with Crippen molar-refractivity contribution in [3.63, 3.8) is 0 Å². The number of rotatable bonds is 6. The van der Waals surface area contributed by atoms with E-state index in [0.717, 1.165) is 67.5 Å². The van der Waals surface area contributed by atoms with Gasteiger partial charge in [-0.15, -0.1) is 0 Å². The standard InChI is InChI=1S/C16H24N4O3S/c17-3-9-24-10-4-18-16(20-5-7-21-8-6-20)19-13-1-2-14-15(11-13)23-12-22-14/h1-2,11H,3-10,12,17H2,(H,18,19). The SMILES string of the molecule is NCCSCCN=C(Nc1ccc2c(c1)OCO2)N1CCOCC1. The molecule has 2 aliphatic rings. The van der Waals surface area contributed by atoms with E-state index in [2.05, 4.69) is 10.2 Å². The topological polar surface area (TPSA) is 81.3 Å². The molecule has 0 aromatic heterocycles. The predicted molar refractivity (Wildman–Crippen MR) is 97.3 cm³/mol. The van der Waals surface area contributed by atoms with Crippen LogP contribution in [0.15, 0.2) is 23.2 Å². The number of anilines is 1. The molecule has 2 heterocycles. The highest BCUT2D eigenvalue weighted by atomic mass is 32.2. The van der Waals surface area contributed by atoms with Crippen LogP contribution in [0, 0.1) is 0 Å². The van der Waals surface area contributed by atoms with E-state index in [4.69, 9.17) is 24.9 Å². The van der Waals surface area contributed by atoms with Crippen LogP contribution in [0.25, 0.3) is 0 Å². The second-order valence-corrected chi connectivity index (χ2v) is 6.62. The molecular weight excluding hydrogens is 328 g/mol. The van der Waals surface area contributed by atoms with E-state index in [0.29, 0.717) is 6.54 Å². The van der Waals surface area contributed by atoms with Crippen LogP contribution in [0.3, 0.4) is 0 Å². The first-order valence-corrected chi connectivity index (χ1v) is 9.34. The zero-order chi connectivity index (χ0) is 16.6. The molecule has 0 aliphatic carbocycles. The van der Waals surface area contributed by atoms with E-state index >= 15 is 0 Å². The van der Waals surface area contributed by atoms with Gasteiger partial charge in [-0.25, -0.2) is 0 Å². The van der Waals surface area contributed by atoms with Gasteiger partial charge >= 0.3 is 0 Å². The highest BCUT2D eigenvalue weighted by Crippen LogP contribution is 2.34. The molecule has 1 aromatic rings. The number of morpholine rings is 1. The maximum absolute atomic E-state index is 5.52. The number of nitrogens with one attached hydrogen (secondary N) is 1. The minimum atomic E-state index is 0.279. The van der Waals surface area contributed by atoms with Crippen LogP contribution in [0.4, 0.5) is 5.69 Å². The minimum absolute atomic E-state index is 0.279. The van der Waals surface area contributed by atoms with E-state index in [9.17, 15) is 0 Å². The fourth-order valence-corrected chi connectivity index (χ4v) is 3.09. The van der Waals surface area contributed by atoms with E-state index in [1.807, 2.05) is 30.0 Å². The number of nitrogens with zero attached hydrogens (tertiary/aromatic N) is 2. The van der Waals surface area contributed by atoms with Gasteiger partial charge in [0.05, 0.1) is 19.8 Å². The zero-order valence-corrected chi connectivity index (χ0v) is 14.5. The monoisotopic (exact) mass is 352 g/mol. The molecule has 132 valence electrons. The van der Waals surface area contributed by atoms with Crippen molar-refractivity contribution < 1.29 is 14.2 Å². The number of ether oxygens (including phenoxy) is 3. The van der Waals surface area contributed by atoms with Gasteiger partial charge in [0.1, 0.15) is 0 Å². The molecule has 24 heavy (non-hydrogen) atoms. The number of hydrogen-bond donors (Lipinski definition) is 2. The first kappa shape index (κ1) is 17.2. The van der Waals surface area contributed by atoms with Gasteiger partial charge in [-0.3, -0.25) is 4.99 Å². The van der Waals surface area contributed by atoms with Crippen LogP contribution in [-0.2, 0) is 4.74 Å². The summed E-state index contributed by atoms with van der Waals surface area (Å²) in [6.07, 6.45) is 0. The van der Waals surface area contributed by atoms with Gasteiger partial charge in [0.15, 0.2) is 17.5 Å². The highest BCUT2D eigenvalue weighted by Gasteiger charge is 2.17. The van der Waals surface area contributed by atoms with Crippen LogP contribution < -0.4 is 20.5 Å². The van der Waals surface area contributed by atoms with Crippen molar-refractivity contribution in [1.82, 2.24) is 4.90 Å². The number of guanidine groups is 1. The Balaban J connectivity index is 1.65. The largest absolute Gasteiger partial charge is 0.454 e. The minimum Gasteiger partial charge on any atom is -0.454 e. The molecule has 3 N–H and O–H groups in total. The fourth-order valence-electron chi connectivity index (χ4n) is 2.50. The molecule has 0 amide bonds. The quantitative estimate of drug-likeness (QED) is 0.452. The number of aliphatic imine (C=N–C) groups is 1. The van der Waals surface area contributed by atoms with Crippen molar-refractivity contribution in [1.29, 1.82) is 0 Å². The molecule has 7 nitrogen and oxygen atoms in total. The van der Waals surface area contributed by atoms with Crippen molar-refractivity contribution in [3.8, 4) is 11.5 Å². The van der Waals surface area contributed by atoms with Crippen molar-refractivity contribution in [2.24, 2.45) is 10.7 Å². The molecule has 1 saturated heterocycles. The summed E-state index contributed by atoms with van der Waals surface area (Å²) in [5.74, 6) is 4.36. The number of hydrogen-bond acceptors (Lipinski definition) is 6. The highest BCUT2D eigenvalue weighted by molar-refractivity contribution is 7.99. The Labute approximate surface area is 146 Å². The van der Waals surface area contributed by atoms with Gasteiger partial charge in [0, 0.05) is 42.9 Å². The van der Waals surface area contributed by atoms with Gasteiger partial charge in [0.2, 0.25) is 6.79 Å². The summed E-state index contributed by atoms with van der Waals surface area (Å²) in [5, 5.41) is 3.42. The zero-order valence-electron chi connectivity index (χ0n) is 13.7. The lowest BCUT2D eigenvalue weighted by molar-refractivity contribution is 0.0679. The van der Waals surface area contributed by atoms with Gasteiger partial charge in [0.25, 0.3) is 0 Å². The van der Waals surface area contributed by atoms with Crippen LogP contribution >= 0.6 is 11.8 Å². The third-order valence-corrected chi connectivity index (χ3v) is 4.69. The first-order valence-electron chi connectivity index (χ1n) is 8.18. The molecule has 3 rings (SSSR count). The lowest BCUT2D eigenvalue weighted by atomic mass is 10.3. The molecule has 1 fully saturated rings. The van der Waals surface area contributed by atoms with Gasteiger partial charge in [-0.05, 0) is 12.1 Å². The molecule has 0 spiro atoms. The lowest BCUT2D eigenvalue weighted by Crippen LogP contribution is -2.44. The number of nitrogens with two attached hydrogens (primary N) is 1. The van der Waals surface area contributed by atoms with E-state index in [-0.39, 0.29) is 6.79 Å². The molecule has 2 aliphatic heterocycles. The Bertz CT molecular complexity index is 564. The molecule has 1 aromatic carbocycles. The third kappa shape index (κ3) is 4.68. The van der Waals surface area contributed by atoms with Crippen molar-refractivity contribution in [3.05, 3.63) is 18.2 Å². The molecule has 0 saturated carbocycles. The summed E-state index contributed by atoms with van der Waals surface area (Å²) in [5.41, 5.74) is 6.46. The first-order chi connectivity index (χ1) is 11.9. The maximum atomic E-state index is 5.52. The molecule has 0 radical (unpaired) electrons. The Kier molecular flexibility index (Phi) is 6.45. The summed E-state index contributed by atoms with van der Waals surface area (Å²) in [4.78, 5) is 6.97. The Morgan fingerprint density at radius 3 is 2.88 bits per heavy atom. The smallest absolute Gasteiger partial charge is 0.231 e.